The van der Waals surface area contributed by atoms with Crippen molar-refractivity contribution in [3.63, 3.8) is 0 Å². The van der Waals surface area contributed by atoms with Crippen LogP contribution in [0.2, 0.25) is 0 Å². The monoisotopic (exact) mass is 231 g/mol. The van der Waals surface area contributed by atoms with Gasteiger partial charge in [-0.1, -0.05) is 6.07 Å². The first kappa shape index (κ1) is 12.3. The minimum Gasteiger partial charge on any atom is -0.484 e. The van der Waals surface area contributed by atoms with Crippen molar-refractivity contribution in [3.8, 4) is 11.8 Å². The van der Waals surface area contributed by atoms with Gasteiger partial charge in [-0.2, -0.15) is 18.4 Å². The first-order chi connectivity index (χ1) is 7.46. The van der Waals surface area contributed by atoms with Crippen molar-refractivity contribution < 1.29 is 23.0 Å². The number of hydrogen-bond acceptors (Lipinski definition) is 3. The van der Waals surface area contributed by atoms with E-state index in [-0.39, 0.29) is 16.9 Å². The minimum atomic E-state index is -4.45. The molecule has 0 saturated carbocycles. The number of aliphatic hydroxyl groups excluding tert-OH is 1. The van der Waals surface area contributed by atoms with Crippen LogP contribution in [0, 0.1) is 11.3 Å². The summed E-state index contributed by atoms with van der Waals surface area (Å²) in [7, 11) is 0. The molecule has 1 aromatic rings. The van der Waals surface area contributed by atoms with Crippen LogP contribution in [0.5, 0.6) is 5.75 Å². The maximum absolute atomic E-state index is 11.9. The number of nitrogens with zero attached hydrogens (tertiary/aromatic N) is 1. The third kappa shape index (κ3) is 3.44. The van der Waals surface area contributed by atoms with Crippen LogP contribution in [0.15, 0.2) is 18.2 Å². The quantitative estimate of drug-likeness (QED) is 0.865. The minimum absolute atomic E-state index is 0.126. The predicted octanol–water partition coefficient (Wildman–Crippen LogP) is 1.99. The van der Waals surface area contributed by atoms with Crippen LogP contribution >= 0.6 is 0 Å². The molecule has 1 rings (SSSR count). The van der Waals surface area contributed by atoms with Crippen LogP contribution < -0.4 is 4.74 Å². The summed E-state index contributed by atoms with van der Waals surface area (Å²) in [5.74, 6) is -0.126. The van der Waals surface area contributed by atoms with E-state index >= 15 is 0 Å². The third-order valence-electron chi connectivity index (χ3n) is 1.76. The number of halogens is 3. The second kappa shape index (κ2) is 4.86. The van der Waals surface area contributed by atoms with Gasteiger partial charge in [-0.3, -0.25) is 0 Å². The molecule has 0 bridgehead atoms. The summed E-state index contributed by atoms with van der Waals surface area (Å²) in [5, 5.41) is 17.4. The highest BCUT2D eigenvalue weighted by Gasteiger charge is 2.28. The molecule has 0 aliphatic heterocycles. The fraction of sp³-hybridized carbons (Fsp3) is 0.300. The lowest BCUT2D eigenvalue weighted by atomic mass is 10.1. The smallest absolute Gasteiger partial charge is 0.422 e. The molecule has 0 atom stereocenters. The number of hydrogen-bond donors (Lipinski definition) is 1. The summed E-state index contributed by atoms with van der Waals surface area (Å²) in [6.45, 7) is -1.90. The van der Waals surface area contributed by atoms with E-state index in [2.05, 4.69) is 4.74 Å². The van der Waals surface area contributed by atoms with E-state index in [4.69, 9.17) is 10.4 Å². The highest BCUT2D eigenvalue weighted by molar-refractivity contribution is 5.42. The molecular formula is C10H8F3NO2. The molecular weight excluding hydrogens is 223 g/mol. The molecule has 0 heterocycles. The Labute approximate surface area is 89.7 Å². The SMILES string of the molecule is N#Cc1ccc(CO)c(OCC(F)(F)F)c1. The standard InChI is InChI=1S/C10H8F3NO2/c11-10(12,13)6-16-9-3-7(4-14)1-2-8(9)5-15/h1-3,15H,5-6H2. The second-order valence-corrected chi connectivity index (χ2v) is 3.00. The van der Waals surface area contributed by atoms with Crippen molar-refractivity contribution in [2.45, 2.75) is 12.8 Å². The van der Waals surface area contributed by atoms with Gasteiger partial charge in [0.25, 0.3) is 0 Å². The second-order valence-electron chi connectivity index (χ2n) is 3.00. The highest BCUT2D eigenvalue weighted by atomic mass is 19.4. The molecule has 0 aliphatic rings. The van der Waals surface area contributed by atoms with E-state index in [9.17, 15) is 13.2 Å². The first-order valence-electron chi connectivity index (χ1n) is 4.29. The van der Waals surface area contributed by atoms with Gasteiger partial charge in [0.1, 0.15) is 5.75 Å². The Morgan fingerprint density at radius 3 is 2.56 bits per heavy atom. The lowest BCUT2D eigenvalue weighted by Gasteiger charge is -2.12. The summed E-state index contributed by atoms with van der Waals surface area (Å²) in [6, 6.07) is 5.68. The van der Waals surface area contributed by atoms with Crippen molar-refractivity contribution in [2.24, 2.45) is 0 Å². The molecule has 0 saturated heterocycles. The van der Waals surface area contributed by atoms with E-state index in [1.165, 1.54) is 12.1 Å². The summed E-state index contributed by atoms with van der Waals surface area (Å²) >= 11 is 0. The Hall–Kier alpha value is -1.74. The Morgan fingerprint density at radius 1 is 1.38 bits per heavy atom. The zero-order valence-corrected chi connectivity index (χ0v) is 8.08. The lowest BCUT2D eigenvalue weighted by molar-refractivity contribution is -0.153. The van der Waals surface area contributed by atoms with Crippen molar-refractivity contribution in [1.82, 2.24) is 0 Å². The largest absolute Gasteiger partial charge is 0.484 e. The van der Waals surface area contributed by atoms with Crippen molar-refractivity contribution in [1.29, 1.82) is 5.26 Å². The van der Waals surface area contributed by atoms with Gasteiger partial charge in [0.2, 0.25) is 0 Å². The summed E-state index contributed by atoms with van der Waals surface area (Å²) in [4.78, 5) is 0. The molecule has 16 heavy (non-hydrogen) atoms. The molecule has 1 N–H and O–H groups in total. The molecule has 3 nitrogen and oxygen atoms in total. The molecule has 0 unspecified atom stereocenters. The van der Waals surface area contributed by atoms with E-state index in [1.807, 2.05) is 0 Å². The topological polar surface area (TPSA) is 53.2 Å². The Morgan fingerprint density at radius 2 is 2.06 bits per heavy atom. The van der Waals surface area contributed by atoms with E-state index < -0.39 is 19.4 Å². The Kier molecular flexibility index (Phi) is 3.74. The van der Waals surface area contributed by atoms with Crippen LogP contribution in [0.3, 0.4) is 0 Å². The number of benzene rings is 1. The Bertz CT molecular complexity index is 410. The molecule has 0 fully saturated rings. The summed E-state index contributed by atoms with van der Waals surface area (Å²) in [5.41, 5.74) is 0.387. The van der Waals surface area contributed by atoms with Crippen LogP contribution in [0.25, 0.3) is 0 Å². The van der Waals surface area contributed by atoms with E-state index in [0.717, 1.165) is 6.07 Å². The van der Waals surface area contributed by atoms with Gasteiger partial charge < -0.3 is 9.84 Å². The zero-order valence-electron chi connectivity index (χ0n) is 8.08. The maximum Gasteiger partial charge on any atom is 0.422 e. The molecule has 1 aromatic carbocycles. The average molecular weight is 231 g/mol. The predicted molar refractivity (Wildman–Crippen MR) is 48.6 cm³/mol. The van der Waals surface area contributed by atoms with Crippen LogP contribution in [-0.2, 0) is 6.61 Å². The van der Waals surface area contributed by atoms with Gasteiger partial charge in [0, 0.05) is 5.56 Å². The average Bonchev–Trinajstić information content (AvgIpc) is 2.25. The molecule has 0 aromatic heterocycles. The van der Waals surface area contributed by atoms with Gasteiger partial charge in [0.15, 0.2) is 6.61 Å². The van der Waals surface area contributed by atoms with Gasteiger partial charge in [-0.15, -0.1) is 0 Å². The van der Waals surface area contributed by atoms with Gasteiger partial charge in [0.05, 0.1) is 18.2 Å². The van der Waals surface area contributed by atoms with Crippen LogP contribution in [0.1, 0.15) is 11.1 Å². The normalized spacial score (nSPS) is 10.9. The van der Waals surface area contributed by atoms with E-state index in [0.29, 0.717) is 0 Å². The van der Waals surface area contributed by atoms with Gasteiger partial charge >= 0.3 is 6.18 Å². The molecule has 0 aliphatic carbocycles. The zero-order chi connectivity index (χ0) is 12.2. The highest BCUT2D eigenvalue weighted by Crippen LogP contribution is 2.23. The number of rotatable bonds is 3. The summed E-state index contributed by atoms with van der Waals surface area (Å²) < 4.78 is 40.2. The number of nitriles is 1. The van der Waals surface area contributed by atoms with Crippen LogP contribution in [0.4, 0.5) is 13.2 Å². The molecule has 6 heteroatoms. The fourth-order valence-corrected chi connectivity index (χ4v) is 1.05. The molecule has 0 amide bonds. The maximum atomic E-state index is 11.9. The number of ether oxygens (including phenoxy) is 1. The number of aliphatic hydroxyl groups is 1. The lowest BCUT2D eigenvalue weighted by Crippen LogP contribution is -2.19. The molecule has 0 spiro atoms. The molecule has 86 valence electrons. The van der Waals surface area contributed by atoms with Crippen molar-refractivity contribution in [2.75, 3.05) is 6.61 Å². The molecule has 0 radical (unpaired) electrons. The van der Waals surface area contributed by atoms with E-state index in [1.54, 1.807) is 6.07 Å². The third-order valence-corrected chi connectivity index (χ3v) is 1.76. The first-order valence-corrected chi connectivity index (χ1v) is 4.29. The van der Waals surface area contributed by atoms with Gasteiger partial charge in [-0.25, -0.2) is 0 Å². The Balaban J connectivity index is 2.88. The van der Waals surface area contributed by atoms with Crippen LogP contribution in [-0.4, -0.2) is 17.9 Å². The van der Waals surface area contributed by atoms with Crippen molar-refractivity contribution >= 4 is 0 Å². The fourth-order valence-electron chi connectivity index (χ4n) is 1.05. The summed E-state index contributed by atoms with van der Waals surface area (Å²) in [6.07, 6.45) is -4.45. The van der Waals surface area contributed by atoms with Crippen molar-refractivity contribution in [3.05, 3.63) is 29.3 Å². The van der Waals surface area contributed by atoms with Gasteiger partial charge in [-0.05, 0) is 12.1 Å². The number of alkyl halides is 3.